The second kappa shape index (κ2) is 10.7. The number of aromatic nitrogens is 1. The van der Waals surface area contributed by atoms with Gasteiger partial charge in [0.2, 0.25) is 0 Å². The molecule has 0 spiro atoms. The Morgan fingerprint density at radius 1 is 0.882 bits per heavy atom. The van der Waals surface area contributed by atoms with Crippen molar-refractivity contribution >= 4 is 5.91 Å². The zero-order chi connectivity index (χ0) is 24.8. The van der Waals surface area contributed by atoms with Gasteiger partial charge < -0.3 is 10.1 Å². The molecule has 1 aromatic heterocycles. The molecule has 10 heteroatoms. The van der Waals surface area contributed by atoms with Crippen molar-refractivity contribution in [3.8, 4) is 0 Å². The number of carbonyl (C=O) groups excluding carboxylic acids is 1. The van der Waals surface area contributed by atoms with Crippen LogP contribution in [0.3, 0.4) is 0 Å². The highest BCUT2D eigenvalue weighted by molar-refractivity contribution is 5.93. The van der Waals surface area contributed by atoms with Crippen LogP contribution in [0.1, 0.15) is 38.5 Å². The molecule has 3 aromatic rings. The third-order valence-electron chi connectivity index (χ3n) is 4.96. The van der Waals surface area contributed by atoms with Crippen LogP contribution in [-0.4, -0.2) is 24.0 Å². The van der Waals surface area contributed by atoms with Gasteiger partial charge in [0, 0.05) is 30.4 Å². The van der Waals surface area contributed by atoms with Crippen LogP contribution in [0.25, 0.3) is 0 Å². The predicted octanol–water partition coefficient (Wildman–Crippen LogP) is 5.85. The van der Waals surface area contributed by atoms with E-state index in [2.05, 4.69) is 10.3 Å². The standard InChI is InChI=1S/C24H20F6N2O2/c25-23(26,27)20-10-16(11-21(12-20)24(28,29)30)14-34-15-19(17-4-2-1-3-5-17)13-32-22(33)18-6-8-31-9-7-18/h1-12,19H,13-15H2,(H,32,33). The summed E-state index contributed by atoms with van der Waals surface area (Å²) in [6.45, 7) is -0.367. The van der Waals surface area contributed by atoms with Gasteiger partial charge in [0.25, 0.3) is 5.91 Å². The van der Waals surface area contributed by atoms with Crippen LogP contribution in [-0.2, 0) is 23.7 Å². The van der Waals surface area contributed by atoms with Gasteiger partial charge in [-0.2, -0.15) is 26.3 Å². The lowest BCUT2D eigenvalue weighted by atomic mass is 9.99. The Labute approximate surface area is 191 Å². The van der Waals surface area contributed by atoms with Gasteiger partial charge in [0.1, 0.15) is 0 Å². The van der Waals surface area contributed by atoms with Crippen LogP contribution in [0.15, 0.2) is 73.1 Å². The van der Waals surface area contributed by atoms with E-state index in [1.165, 1.54) is 24.5 Å². The lowest BCUT2D eigenvalue weighted by Crippen LogP contribution is -2.30. The molecule has 3 rings (SSSR count). The Bertz CT molecular complexity index is 1050. The number of nitrogens with zero attached hydrogens (tertiary/aromatic N) is 1. The fraction of sp³-hybridized carbons (Fsp3) is 0.250. The van der Waals surface area contributed by atoms with Gasteiger partial charge in [0.15, 0.2) is 0 Å². The molecule has 0 saturated carbocycles. The van der Waals surface area contributed by atoms with Gasteiger partial charge in [-0.05, 0) is 41.5 Å². The lowest BCUT2D eigenvalue weighted by Gasteiger charge is -2.19. The molecule has 1 unspecified atom stereocenters. The van der Waals surface area contributed by atoms with E-state index < -0.39 is 30.1 Å². The van der Waals surface area contributed by atoms with E-state index in [0.717, 1.165) is 5.56 Å². The van der Waals surface area contributed by atoms with Crippen molar-refractivity contribution in [1.29, 1.82) is 0 Å². The number of benzene rings is 2. The SMILES string of the molecule is O=C(NCC(COCc1cc(C(F)(F)F)cc(C(F)(F)F)c1)c1ccccc1)c1ccncc1. The average molecular weight is 482 g/mol. The van der Waals surface area contributed by atoms with E-state index in [0.29, 0.717) is 17.7 Å². The number of rotatable bonds is 8. The molecule has 180 valence electrons. The van der Waals surface area contributed by atoms with E-state index in [9.17, 15) is 31.1 Å². The Morgan fingerprint density at radius 3 is 2.03 bits per heavy atom. The highest BCUT2D eigenvalue weighted by Crippen LogP contribution is 2.36. The maximum absolute atomic E-state index is 13.1. The quantitative estimate of drug-likeness (QED) is 0.410. The summed E-state index contributed by atoms with van der Waals surface area (Å²) in [5.74, 6) is -0.740. The molecule has 0 radical (unpaired) electrons. The number of amides is 1. The van der Waals surface area contributed by atoms with Gasteiger partial charge in [-0.25, -0.2) is 0 Å². The molecule has 1 amide bonds. The Morgan fingerprint density at radius 2 is 1.47 bits per heavy atom. The number of halogens is 6. The molecule has 0 bridgehead atoms. The van der Waals surface area contributed by atoms with Gasteiger partial charge >= 0.3 is 12.4 Å². The normalized spacial score (nSPS) is 12.9. The average Bonchev–Trinajstić information content (AvgIpc) is 2.81. The molecule has 0 aliphatic rings. The fourth-order valence-corrected chi connectivity index (χ4v) is 3.24. The number of nitrogens with one attached hydrogen (secondary N) is 1. The van der Waals surface area contributed by atoms with E-state index >= 15 is 0 Å². The largest absolute Gasteiger partial charge is 0.416 e. The summed E-state index contributed by atoms with van der Waals surface area (Å²) in [6, 6.07) is 13.3. The first-order valence-corrected chi connectivity index (χ1v) is 10.1. The van der Waals surface area contributed by atoms with Crippen molar-refractivity contribution in [1.82, 2.24) is 10.3 Å². The predicted molar refractivity (Wildman–Crippen MR) is 112 cm³/mol. The number of pyridine rings is 1. The van der Waals surface area contributed by atoms with Crippen molar-refractivity contribution in [2.75, 3.05) is 13.2 Å². The summed E-state index contributed by atoms with van der Waals surface area (Å²) in [5, 5.41) is 2.76. The van der Waals surface area contributed by atoms with Gasteiger partial charge in [-0.15, -0.1) is 0 Å². The molecule has 4 nitrogen and oxygen atoms in total. The first-order chi connectivity index (χ1) is 16.0. The molecule has 0 fully saturated rings. The molecule has 2 aromatic carbocycles. The van der Waals surface area contributed by atoms with Gasteiger partial charge in [-0.1, -0.05) is 30.3 Å². The number of ether oxygens (including phenoxy) is 1. The molecule has 34 heavy (non-hydrogen) atoms. The third-order valence-corrected chi connectivity index (χ3v) is 4.96. The smallest absolute Gasteiger partial charge is 0.376 e. The van der Waals surface area contributed by atoms with Gasteiger partial charge in [-0.3, -0.25) is 9.78 Å². The van der Waals surface area contributed by atoms with E-state index in [4.69, 9.17) is 4.74 Å². The maximum Gasteiger partial charge on any atom is 0.416 e. The minimum Gasteiger partial charge on any atom is -0.376 e. The monoisotopic (exact) mass is 482 g/mol. The highest BCUT2D eigenvalue weighted by Gasteiger charge is 2.36. The molecule has 1 heterocycles. The van der Waals surface area contributed by atoms with Crippen LogP contribution in [0.5, 0.6) is 0 Å². The van der Waals surface area contributed by atoms with Crippen molar-refractivity contribution < 1.29 is 35.9 Å². The lowest BCUT2D eigenvalue weighted by molar-refractivity contribution is -0.143. The van der Waals surface area contributed by atoms with Crippen molar-refractivity contribution in [2.45, 2.75) is 24.9 Å². The second-order valence-electron chi connectivity index (χ2n) is 7.48. The molecular weight excluding hydrogens is 462 g/mol. The molecule has 0 saturated heterocycles. The third kappa shape index (κ3) is 7.05. The number of alkyl halides is 6. The summed E-state index contributed by atoms with van der Waals surface area (Å²) in [7, 11) is 0. The summed E-state index contributed by atoms with van der Waals surface area (Å²) in [4.78, 5) is 16.2. The zero-order valence-corrected chi connectivity index (χ0v) is 17.7. The topological polar surface area (TPSA) is 51.2 Å². The van der Waals surface area contributed by atoms with Crippen molar-refractivity contribution in [3.63, 3.8) is 0 Å². The van der Waals surface area contributed by atoms with Crippen LogP contribution >= 0.6 is 0 Å². The number of hydrogen-bond acceptors (Lipinski definition) is 3. The number of carbonyl (C=O) groups is 1. The summed E-state index contributed by atoms with van der Waals surface area (Å²) in [5.41, 5.74) is -1.87. The van der Waals surface area contributed by atoms with Crippen LogP contribution in [0.4, 0.5) is 26.3 Å². The molecule has 0 aliphatic heterocycles. The summed E-state index contributed by atoms with van der Waals surface area (Å²) < 4.78 is 83.9. The van der Waals surface area contributed by atoms with Crippen LogP contribution in [0.2, 0.25) is 0 Å². The first kappa shape index (κ1) is 25.2. The van der Waals surface area contributed by atoms with Crippen LogP contribution < -0.4 is 5.32 Å². The van der Waals surface area contributed by atoms with Crippen molar-refractivity contribution in [2.24, 2.45) is 0 Å². The Balaban J connectivity index is 1.71. The van der Waals surface area contributed by atoms with E-state index in [1.807, 2.05) is 0 Å². The maximum atomic E-state index is 13.1. The van der Waals surface area contributed by atoms with Crippen LogP contribution in [0, 0.1) is 0 Å². The van der Waals surface area contributed by atoms with E-state index in [1.54, 1.807) is 30.3 Å². The van der Waals surface area contributed by atoms with Crippen molar-refractivity contribution in [3.05, 3.63) is 101 Å². The Kier molecular flexibility index (Phi) is 7.93. The highest BCUT2D eigenvalue weighted by atomic mass is 19.4. The molecule has 1 N–H and O–H groups in total. The minimum absolute atomic E-state index is 0.0434. The minimum atomic E-state index is -4.93. The molecule has 1 atom stereocenters. The summed E-state index contributed by atoms with van der Waals surface area (Å²) >= 11 is 0. The fourth-order valence-electron chi connectivity index (χ4n) is 3.24. The first-order valence-electron chi connectivity index (χ1n) is 10.1. The zero-order valence-electron chi connectivity index (χ0n) is 17.7. The number of hydrogen-bond donors (Lipinski definition) is 1. The van der Waals surface area contributed by atoms with Gasteiger partial charge in [0.05, 0.1) is 24.3 Å². The Hall–Kier alpha value is -3.40. The van der Waals surface area contributed by atoms with E-state index in [-0.39, 0.29) is 36.6 Å². The molecule has 0 aliphatic carbocycles. The summed E-state index contributed by atoms with van der Waals surface area (Å²) in [6.07, 6.45) is -6.92. The molecular formula is C24H20F6N2O2. The second-order valence-corrected chi connectivity index (χ2v) is 7.48.